The Kier molecular flexibility index (Phi) is 2.64. The van der Waals surface area contributed by atoms with Crippen LogP contribution in [0.5, 0.6) is 0 Å². The van der Waals surface area contributed by atoms with Crippen molar-refractivity contribution in [2.24, 2.45) is 0 Å². The Morgan fingerprint density at radius 3 is 2.61 bits per heavy atom. The van der Waals surface area contributed by atoms with Gasteiger partial charge in [0.25, 0.3) is 0 Å². The van der Waals surface area contributed by atoms with E-state index in [1.165, 1.54) is 16.7 Å². The molecule has 0 aliphatic heterocycles. The molecule has 90 valence electrons. The van der Waals surface area contributed by atoms with Crippen LogP contribution in [0.25, 0.3) is 22.2 Å². The molecule has 2 aromatic carbocycles. The molecule has 0 saturated heterocycles. The molecule has 1 N–H and O–H groups in total. The van der Waals surface area contributed by atoms with Gasteiger partial charge in [-0.3, -0.25) is 0 Å². The van der Waals surface area contributed by atoms with E-state index in [-0.39, 0.29) is 0 Å². The number of H-pyrrole nitrogens is 1. The zero-order valence-corrected chi connectivity index (χ0v) is 11.2. The summed E-state index contributed by atoms with van der Waals surface area (Å²) in [6.07, 6.45) is 0. The van der Waals surface area contributed by atoms with E-state index in [0.717, 1.165) is 21.6 Å². The van der Waals surface area contributed by atoms with Crippen LogP contribution < -0.4 is 0 Å². The molecule has 0 amide bonds. The second kappa shape index (κ2) is 4.18. The van der Waals surface area contributed by atoms with Crippen molar-refractivity contribution in [3.63, 3.8) is 0 Å². The number of aromatic amines is 1. The topological polar surface area (TPSA) is 15.8 Å². The van der Waals surface area contributed by atoms with Gasteiger partial charge in [-0.25, -0.2) is 0 Å². The lowest BCUT2D eigenvalue weighted by Crippen LogP contribution is -1.84. The Bertz CT molecular complexity index is 725. The first-order valence-electron chi connectivity index (χ1n) is 6.00. The summed E-state index contributed by atoms with van der Waals surface area (Å²) in [7, 11) is 0. The summed E-state index contributed by atoms with van der Waals surface area (Å²) in [5.41, 5.74) is 5.90. The Balaban J connectivity index is 2.26. The molecule has 0 unspecified atom stereocenters. The van der Waals surface area contributed by atoms with Crippen molar-refractivity contribution in [1.29, 1.82) is 0 Å². The predicted octanol–water partition coefficient (Wildman–Crippen LogP) is 5.11. The number of fused-ring (bicyclic) bond motifs is 1. The van der Waals surface area contributed by atoms with Gasteiger partial charge in [-0.2, -0.15) is 0 Å². The van der Waals surface area contributed by atoms with Gasteiger partial charge < -0.3 is 4.98 Å². The van der Waals surface area contributed by atoms with Crippen LogP contribution in [0.15, 0.2) is 42.5 Å². The van der Waals surface area contributed by atoms with E-state index in [9.17, 15) is 0 Å². The lowest BCUT2D eigenvalue weighted by Gasteiger charge is -2.04. The number of rotatable bonds is 1. The molecular formula is C16H14ClN. The van der Waals surface area contributed by atoms with Crippen LogP contribution in [0, 0.1) is 13.8 Å². The molecule has 0 bridgehead atoms. The zero-order chi connectivity index (χ0) is 12.7. The lowest BCUT2D eigenvalue weighted by molar-refractivity contribution is 1.36. The molecule has 18 heavy (non-hydrogen) atoms. The van der Waals surface area contributed by atoms with Crippen LogP contribution in [0.1, 0.15) is 11.1 Å². The second-order valence-electron chi connectivity index (χ2n) is 4.71. The first-order chi connectivity index (χ1) is 8.65. The molecule has 3 rings (SSSR count). The first kappa shape index (κ1) is 11.4. The van der Waals surface area contributed by atoms with E-state index in [4.69, 9.17) is 11.6 Å². The minimum absolute atomic E-state index is 0.768. The minimum atomic E-state index is 0.768. The van der Waals surface area contributed by atoms with Crippen LogP contribution in [0.2, 0.25) is 5.02 Å². The molecule has 0 saturated carbocycles. The van der Waals surface area contributed by atoms with E-state index < -0.39 is 0 Å². The van der Waals surface area contributed by atoms with E-state index in [2.05, 4.69) is 49.2 Å². The van der Waals surface area contributed by atoms with Gasteiger partial charge in [0, 0.05) is 16.6 Å². The largest absolute Gasteiger partial charge is 0.353 e. The number of hydrogen-bond acceptors (Lipinski definition) is 0. The highest BCUT2D eigenvalue weighted by molar-refractivity contribution is 6.35. The third-order valence-corrected chi connectivity index (χ3v) is 3.60. The van der Waals surface area contributed by atoms with Crippen molar-refractivity contribution in [2.45, 2.75) is 13.8 Å². The van der Waals surface area contributed by atoms with Crippen molar-refractivity contribution >= 4 is 22.5 Å². The van der Waals surface area contributed by atoms with Crippen molar-refractivity contribution in [1.82, 2.24) is 4.98 Å². The standard InChI is InChI=1S/C16H14ClN/c1-10-6-7-11(2)13(8-10)15-9-12-4-3-5-14(17)16(12)18-15/h3-9,18H,1-2H3. The highest BCUT2D eigenvalue weighted by Crippen LogP contribution is 2.30. The van der Waals surface area contributed by atoms with Crippen LogP contribution in [-0.4, -0.2) is 4.98 Å². The summed E-state index contributed by atoms with van der Waals surface area (Å²) in [5.74, 6) is 0. The number of aryl methyl sites for hydroxylation is 2. The first-order valence-corrected chi connectivity index (χ1v) is 6.38. The number of nitrogens with one attached hydrogen (secondary N) is 1. The number of halogens is 1. The molecule has 1 aromatic heterocycles. The third kappa shape index (κ3) is 1.81. The van der Waals surface area contributed by atoms with Crippen molar-refractivity contribution in [2.75, 3.05) is 0 Å². The van der Waals surface area contributed by atoms with E-state index in [1.54, 1.807) is 0 Å². The van der Waals surface area contributed by atoms with Crippen molar-refractivity contribution < 1.29 is 0 Å². The maximum Gasteiger partial charge on any atom is 0.0648 e. The summed E-state index contributed by atoms with van der Waals surface area (Å²) in [6, 6.07) is 14.6. The summed E-state index contributed by atoms with van der Waals surface area (Å²) < 4.78 is 0. The lowest BCUT2D eigenvalue weighted by atomic mass is 10.0. The summed E-state index contributed by atoms with van der Waals surface area (Å²) >= 11 is 6.20. The summed E-state index contributed by atoms with van der Waals surface area (Å²) in [5, 5.41) is 1.92. The fourth-order valence-electron chi connectivity index (χ4n) is 2.29. The maximum atomic E-state index is 6.20. The van der Waals surface area contributed by atoms with Crippen LogP contribution in [-0.2, 0) is 0 Å². The molecule has 3 aromatic rings. The Morgan fingerprint density at radius 2 is 1.83 bits per heavy atom. The fourth-order valence-corrected chi connectivity index (χ4v) is 2.52. The van der Waals surface area contributed by atoms with Gasteiger partial charge in [0.1, 0.15) is 0 Å². The average molecular weight is 256 g/mol. The van der Waals surface area contributed by atoms with E-state index in [0.29, 0.717) is 0 Å². The molecule has 0 fully saturated rings. The number of benzene rings is 2. The molecule has 0 aliphatic carbocycles. The SMILES string of the molecule is Cc1ccc(C)c(-c2cc3cccc(Cl)c3[nH]2)c1. The number of hydrogen-bond donors (Lipinski definition) is 1. The minimum Gasteiger partial charge on any atom is -0.353 e. The van der Waals surface area contributed by atoms with Crippen molar-refractivity contribution in [3.8, 4) is 11.3 Å². The molecule has 1 nitrogen and oxygen atoms in total. The van der Waals surface area contributed by atoms with Gasteiger partial charge in [-0.1, -0.05) is 41.4 Å². The Morgan fingerprint density at radius 1 is 1.00 bits per heavy atom. The maximum absolute atomic E-state index is 6.20. The summed E-state index contributed by atoms with van der Waals surface area (Å²) in [6.45, 7) is 4.24. The molecule has 0 atom stereocenters. The molecular weight excluding hydrogens is 242 g/mol. The highest BCUT2D eigenvalue weighted by atomic mass is 35.5. The normalized spacial score (nSPS) is 11.1. The van der Waals surface area contributed by atoms with Gasteiger partial charge in [-0.15, -0.1) is 0 Å². The van der Waals surface area contributed by atoms with Gasteiger partial charge in [0.05, 0.1) is 10.5 Å². The van der Waals surface area contributed by atoms with Gasteiger partial charge in [0.15, 0.2) is 0 Å². The Hall–Kier alpha value is -1.73. The Labute approximate surface area is 111 Å². The van der Waals surface area contributed by atoms with Gasteiger partial charge >= 0.3 is 0 Å². The monoisotopic (exact) mass is 255 g/mol. The zero-order valence-electron chi connectivity index (χ0n) is 10.4. The number of aromatic nitrogens is 1. The van der Waals surface area contributed by atoms with E-state index in [1.807, 2.05) is 12.1 Å². The molecule has 0 radical (unpaired) electrons. The van der Waals surface area contributed by atoms with E-state index >= 15 is 0 Å². The third-order valence-electron chi connectivity index (χ3n) is 3.29. The van der Waals surface area contributed by atoms with Crippen molar-refractivity contribution in [3.05, 3.63) is 58.6 Å². The predicted molar refractivity (Wildman–Crippen MR) is 78.2 cm³/mol. The molecule has 2 heteroatoms. The quantitative estimate of drug-likeness (QED) is 0.622. The average Bonchev–Trinajstić information content (AvgIpc) is 2.77. The molecule has 1 heterocycles. The highest BCUT2D eigenvalue weighted by Gasteiger charge is 2.08. The van der Waals surface area contributed by atoms with Gasteiger partial charge in [-0.05, 0) is 37.6 Å². The molecule has 0 spiro atoms. The van der Waals surface area contributed by atoms with Crippen LogP contribution >= 0.6 is 11.6 Å². The van der Waals surface area contributed by atoms with Gasteiger partial charge in [0.2, 0.25) is 0 Å². The molecule has 0 aliphatic rings. The van der Waals surface area contributed by atoms with Crippen LogP contribution in [0.4, 0.5) is 0 Å². The number of para-hydroxylation sites is 1. The fraction of sp³-hybridized carbons (Fsp3) is 0.125. The smallest absolute Gasteiger partial charge is 0.0648 e. The second-order valence-corrected chi connectivity index (χ2v) is 5.11. The summed E-state index contributed by atoms with van der Waals surface area (Å²) in [4.78, 5) is 3.42. The van der Waals surface area contributed by atoms with Crippen LogP contribution in [0.3, 0.4) is 0 Å².